The van der Waals surface area contributed by atoms with Crippen molar-refractivity contribution in [3.05, 3.63) is 64.3 Å². The van der Waals surface area contributed by atoms with Crippen molar-refractivity contribution in [3.63, 3.8) is 0 Å². The number of para-hydroxylation sites is 1. The number of hydrogen-bond donors (Lipinski definition) is 2. The molecular formula is C18H14ClN5O5. The van der Waals surface area contributed by atoms with E-state index in [0.29, 0.717) is 16.5 Å². The van der Waals surface area contributed by atoms with Crippen molar-refractivity contribution < 1.29 is 19.6 Å². The number of carbonyl (C=O) groups is 2. The number of alkyl halides is 1. The first kappa shape index (κ1) is 18.7. The minimum Gasteiger partial charge on any atom is -0.508 e. The highest BCUT2D eigenvalue weighted by Crippen LogP contribution is 2.40. The van der Waals surface area contributed by atoms with Gasteiger partial charge in [0.25, 0.3) is 17.5 Å². The number of nitrogens with one attached hydrogen (secondary N) is 1. The molecule has 1 aromatic heterocycles. The van der Waals surface area contributed by atoms with Crippen molar-refractivity contribution in [2.75, 3.05) is 0 Å². The zero-order chi connectivity index (χ0) is 20.7. The SMILES string of the molecule is O=C(Cn1ncc2cc([N+](=O)[O-])ccc21)NN1C(=O)C(Cl)C1c1ccccc1O. The van der Waals surface area contributed by atoms with E-state index in [9.17, 15) is 24.8 Å². The topological polar surface area (TPSA) is 131 Å². The fourth-order valence-corrected chi connectivity index (χ4v) is 3.59. The molecule has 0 aliphatic carbocycles. The highest BCUT2D eigenvalue weighted by Gasteiger charge is 2.49. The number of fused-ring (bicyclic) bond motifs is 1. The number of aromatic hydroxyl groups is 1. The number of carbonyl (C=O) groups excluding carboxylic acids is 2. The molecule has 0 saturated carbocycles. The maximum absolute atomic E-state index is 12.5. The third kappa shape index (κ3) is 3.23. The Balaban J connectivity index is 1.51. The summed E-state index contributed by atoms with van der Waals surface area (Å²) in [5.41, 5.74) is 3.36. The summed E-state index contributed by atoms with van der Waals surface area (Å²) in [6.07, 6.45) is 1.42. The van der Waals surface area contributed by atoms with Crippen molar-refractivity contribution in [2.24, 2.45) is 0 Å². The normalized spacial score (nSPS) is 18.5. The highest BCUT2D eigenvalue weighted by atomic mass is 35.5. The van der Waals surface area contributed by atoms with Gasteiger partial charge in [-0.1, -0.05) is 18.2 Å². The number of hydrogen-bond acceptors (Lipinski definition) is 6. The molecule has 2 unspecified atom stereocenters. The molecule has 29 heavy (non-hydrogen) atoms. The lowest BCUT2D eigenvalue weighted by Gasteiger charge is -2.44. The number of rotatable bonds is 5. The molecule has 1 aliphatic heterocycles. The van der Waals surface area contributed by atoms with E-state index in [1.54, 1.807) is 18.2 Å². The maximum atomic E-state index is 12.5. The number of hydrazine groups is 1. The van der Waals surface area contributed by atoms with Gasteiger partial charge in [-0.2, -0.15) is 5.10 Å². The third-order valence-corrected chi connectivity index (χ3v) is 5.08. The average Bonchev–Trinajstić information content (AvgIpc) is 3.10. The number of β-lactam (4-membered cyclic amide) rings is 1. The summed E-state index contributed by atoms with van der Waals surface area (Å²) in [5.74, 6) is -1.06. The Morgan fingerprint density at radius 1 is 1.31 bits per heavy atom. The Hall–Kier alpha value is -3.66. The summed E-state index contributed by atoms with van der Waals surface area (Å²) in [7, 11) is 0. The van der Waals surface area contributed by atoms with Crippen molar-refractivity contribution in [3.8, 4) is 5.75 Å². The summed E-state index contributed by atoms with van der Waals surface area (Å²) < 4.78 is 1.37. The lowest BCUT2D eigenvalue weighted by Crippen LogP contribution is -2.63. The maximum Gasteiger partial charge on any atom is 0.270 e. The number of nitrogens with zero attached hydrogens (tertiary/aromatic N) is 4. The Bertz CT molecular complexity index is 1150. The van der Waals surface area contributed by atoms with Crippen LogP contribution < -0.4 is 5.43 Å². The molecule has 11 heteroatoms. The molecule has 2 aromatic carbocycles. The van der Waals surface area contributed by atoms with Gasteiger partial charge in [0.15, 0.2) is 0 Å². The molecule has 2 heterocycles. The van der Waals surface area contributed by atoms with Crippen LogP contribution in [-0.4, -0.2) is 42.0 Å². The molecule has 2 amide bonds. The molecule has 10 nitrogen and oxygen atoms in total. The zero-order valence-corrected chi connectivity index (χ0v) is 15.5. The second kappa shape index (κ2) is 7.06. The Morgan fingerprint density at radius 2 is 2.07 bits per heavy atom. The van der Waals surface area contributed by atoms with Gasteiger partial charge in [-0.05, 0) is 12.1 Å². The number of phenolic OH excluding ortho intramolecular Hbond substituents is 1. The molecule has 3 aromatic rings. The van der Waals surface area contributed by atoms with Gasteiger partial charge in [0.2, 0.25) is 0 Å². The number of halogens is 1. The molecule has 1 saturated heterocycles. The van der Waals surface area contributed by atoms with Gasteiger partial charge in [-0.15, -0.1) is 11.6 Å². The van der Waals surface area contributed by atoms with Crippen LogP contribution in [0.3, 0.4) is 0 Å². The molecule has 0 radical (unpaired) electrons. The number of nitro groups is 1. The minimum atomic E-state index is -0.908. The van der Waals surface area contributed by atoms with Gasteiger partial charge in [-0.25, -0.2) is 5.01 Å². The van der Waals surface area contributed by atoms with E-state index in [0.717, 1.165) is 5.01 Å². The van der Waals surface area contributed by atoms with Crippen LogP contribution in [0.2, 0.25) is 0 Å². The molecule has 4 rings (SSSR count). The second-order valence-corrected chi connectivity index (χ2v) is 6.92. The first-order chi connectivity index (χ1) is 13.9. The van der Waals surface area contributed by atoms with E-state index in [1.165, 1.54) is 35.1 Å². The minimum absolute atomic E-state index is 0.0328. The smallest absolute Gasteiger partial charge is 0.270 e. The number of nitro benzene ring substituents is 1. The van der Waals surface area contributed by atoms with Crippen LogP contribution in [0.15, 0.2) is 48.7 Å². The summed E-state index contributed by atoms with van der Waals surface area (Å²) >= 11 is 6.09. The third-order valence-electron chi connectivity index (χ3n) is 4.66. The van der Waals surface area contributed by atoms with Gasteiger partial charge < -0.3 is 5.11 Å². The van der Waals surface area contributed by atoms with Crippen LogP contribution in [0.5, 0.6) is 5.75 Å². The van der Waals surface area contributed by atoms with Gasteiger partial charge >= 0.3 is 0 Å². The molecule has 1 fully saturated rings. The first-order valence-electron chi connectivity index (χ1n) is 8.51. The van der Waals surface area contributed by atoms with Gasteiger partial charge in [0.05, 0.1) is 16.6 Å². The zero-order valence-electron chi connectivity index (χ0n) is 14.7. The molecule has 2 atom stereocenters. The average molecular weight is 416 g/mol. The van der Waals surface area contributed by atoms with Crippen LogP contribution in [0.4, 0.5) is 5.69 Å². The van der Waals surface area contributed by atoms with E-state index in [-0.39, 0.29) is 18.0 Å². The second-order valence-electron chi connectivity index (χ2n) is 6.45. The molecule has 1 aliphatic rings. The van der Waals surface area contributed by atoms with Gasteiger partial charge in [-0.3, -0.25) is 29.8 Å². The van der Waals surface area contributed by atoms with E-state index in [1.807, 2.05) is 0 Å². The summed E-state index contributed by atoms with van der Waals surface area (Å²) in [5, 5.41) is 25.6. The number of phenols is 1. The summed E-state index contributed by atoms with van der Waals surface area (Å²) in [4.78, 5) is 34.9. The predicted octanol–water partition coefficient (Wildman–Crippen LogP) is 1.87. The van der Waals surface area contributed by atoms with E-state index < -0.39 is 28.2 Å². The summed E-state index contributed by atoms with van der Waals surface area (Å²) in [6.45, 7) is -0.217. The molecule has 0 spiro atoms. The molecular weight excluding hydrogens is 402 g/mol. The number of non-ortho nitro benzene ring substituents is 1. The monoisotopic (exact) mass is 415 g/mol. The number of benzene rings is 2. The van der Waals surface area contributed by atoms with Crippen LogP contribution in [0.25, 0.3) is 10.9 Å². The number of amides is 2. The van der Waals surface area contributed by atoms with Crippen LogP contribution in [0.1, 0.15) is 11.6 Å². The van der Waals surface area contributed by atoms with E-state index >= 15 is 0 Å². The fourth-order valence-electron chi connectivity index (χ4n) is 3.23. The molecule has 148 valence electrons. The summed E-state index contributed by atoms with van der Waals surface area (Å²) in [6, 6.07) is 9.90. The molecule has 0 bridgehead atoms. The Kier molecular flexibility index (Phi) is 4.55. The van der Waals surface area contributed by atoms with Gasteiger partial charge in [0.1, 0.15) is 23.7 Å². The quantitative estimate of drug-likeness (QED) is 0.283. The number of aromatic nitrogens is 2. The fraction of sp³-hybridized carbons (Fsp3) is 0.167. The lowest BCUT2D eigenvalue weighted by atomic mass is 9.94. The van der Waals surface area contributed by atoms with Crippen LogP contribution in [0, 0.1) is 10.1 Å². The standard InChI is InChI=1S/C18H14ClN5O5/c19-16-17(12-3-1-2-4-14(12)25)23(18(16)27)21-15(26)9-22-13-6-5-11(24(28)29)7-10(13)8-20-22/h1-8,16-17,25H,9H2,(H,21,26). The Labute approximate surface area is 168 Å². The largest absolute Gasteiger partial charge is 0.508 e. The van der Waals surface area contributed by atoms with E-state index in [4.69, 9.17) is 11.6 Å². The van der Waals surface area contributed by atoms with Gasteiger partial charge in [0, 0.05) is 23.1 Å². The van der Waals surface area contributed by atoms with Crippen molar-refractivity contribution in [1.82, 2.24) is 20.2 Å². The Morgan fingerprint density at radius 3 is 2.79 bits per heavy atom. The van der Waals surface area contributed by atoms with E-state index in [2.05, 4.69) is 10.5 Å². The van der Waals surface area contributed by atoms with Crippen LogP contribution >= 0.6 is 11.6 Å². The van der Waals surface area contributed by atoms with Crippen molar-refractivity contribution in [2.45, 2.75) is 18.0 Å². The van der Waals surface area contributed by atoms with Crippen LogP contribution in [-0.2, 0) is 16.1 Å². The van der Waals surface area contributed by atoms with Crippen molar-refractivity contribution in [1.29, 1.82) is 0 Å². The highest BCUT2D eigenvalue weighted by molar-refractivity contribution is 6.33. The molecule has 2 N–H and O–H groups in total. The predicted molar refractivity (Wildman–Crippen MR) is 102 cm³/mol. The van der Waals surface area contributed by atoms with Crippen molar-refractivity contribution >= 4 is 40.0 Å². The first-order valence-corrected chi connectivity index (χ1v) is 8.95. The lowest BCUT2D eigenvalue weighted by molar-refractivity contribution is -0.384.